The van der Waals surface area contributed by atoms with E-state index in [4.69, 9.17) is 19.9 Å². The fourth-order valence-electron chi connectivity index (χ4n) is 1.60. The van der Waals surface area contributed by atoms with E-state index < -0.39 is 0 Å². The van der Waals surface area contributed by atoms with Crippen LogP contribution in [0.15, 0.2) is 36.4 Å². The van der Waals surface area contributed by atoms with E-state index in [1.54, 1.807) is 0 Å². The van der Waals surface area contributed by atoms with E-state index >= 15 is 0 Å². The lowest BCUT2D eigenvalue weighted by molar-refractivity contribution is -0.140. The van der Waals surface area contributed by atoms with Crippen molar-refractivity contribution in [2.24, 2.45) is 5.73 Å². The molecule has 0 aliphatic carbocycles. The summed E-state index contributed by atoms with van der Waals surface area (Å²) in [5.41, 5.74) is 6.33. The van der Waals surface area contributed by atoms with Gasteiger partial charge >= 0.3 is 0 Å². The Labute approximate surface area is 115 Å². The molecule has 1 aromatic carbocycles. The molecule has 1 rings (SSSR count). The van der Waals surface area contributed by atoms with Crippen LogP contribution in [-0.2, 0) is 9.47 Å². The Balaban J connectivity index is 2.65. The molecule has 0 heterocycles. The molecule has 0 aromatic heterocycles. The molecular formula is C15H23NO3. The first-order valence-electron chi connectivity index (χ1n) is 6.62. The average Bonchev–Trinajstić information content (AvgIpc) is 2.44. The second kappa shape index (κ2) is 9.55. The van der Waals surface area contributed by atoms with E-state index in [2.05, 4.69) is 0 Å². The molecule has 0 spiro atoms. The van der Waals surface area contributed by atoms with Crippen LogP contribution >= 0.6 is 0 Å². The van der Waals surface area contributed by atoms with Crippen LogP contribution < -0.4 is 10.5 Å². The highest BCUT2D eigenvalue weighted by atomic mass is 16.7. The van der Waals surface area contributed by atoms with Crippen LogP contribution in [0.2, 0.25) is 0 Å². The summed E-state index contributed by atoms with van der Waals surface area (Å²) in [6.45, 7) is 6.15. The number of hydrogen-bond acceptors (Lipinski definition) is 4. The standard InChI is InChI=1S/C15H23NO3/c1-3-17-15(18-4-2)13-8-7-9-14(12-13)19-11-6-5-10-16/h5-9,12,15H,3-4,10-11,16H2,1-2H3/b6-5-. The Morgan fingerprint density at radius 2 is 1.89 bits per heavy atom. The molecule has 2 N–H and O–H groups in total. The number of ether oxygens (including phenoxy) is 3. The molecular weight excluding hydrogens is 242 g/mol. The third kappa shape index (κ3) is 5.87. The fraction of sp³-hybridized carbons (Fsp3) is 0.467. The van der Waals surface area contributed by atoms with E-state index in [0.29, 0.717) is 26.4 Å². The number of benzene rings is 1. The van der Waals surface area contributed by atoms with Crippen LogP contribution in [0.25, 0.3) is 0 Å². The molecule has 0 fully saturated rings. The lowest BCUT2D eigenvalue weighted by Crippen LogP contribution is -2.09. The topological polar surface area (TPSA) is 53.7 Å². The van der Waals surface area contributed by atoms with E-state index in [1.807, 2.05) is 50.3 Å². The summed E-state index contributed by atoms with van der Waals surface area (Å²) >= 11 is 0. The molecule has 0 radical (unpaired) electrons. The Hall–Kier alpha value is -1.36. The summed E-state index contributed by atoms with van der Waals surface area (Å²) in [6.07, 6.45) is 3.43. The molecule has 106 valence electrons. The SMILES string of the molecule is CCOC(OCC)c1cccc(OC/C=C\CN)c1. The van der Waals surface area contributed by atoms with Gasteiger partial charge in [0.05, 0.1) is 0 Å². The number of hydrogen-bond donors (Lipinski definition) is 1. The van der Waals surface area contributed by atoms with Gasteiger partial charge in [-0.25, -0.2) is 0 Å². The van der Waals surface area contributed by atoms with Crippen LogP contribution in [-0.4, -0.2) is 26.4 Å². The van der Waals surface area contributed by atoms with E-state index in [1.165, 1.54) is 0 Å². The Morgan fingerprint density at radius 3 is 2.53 bits per heavy atom. The minimum Gasteiger partial charge on any atom is -0.490 e. The Morgan fingerprint density at radius 1 is 1.16 bits per heavy atom. The summed E-state index contributed by atoms with van der Waals surface area (Å²) in [7, 11) is 0. The van der Waals surface area contributed by atoms with Crippen molar-refractivity contribution >= 4 is 0 Å². The molecule has 0 amide bonds. The Kier molecular flexibility index (Phi) is 7.89. The van der Waals surface area contributed by atoms with Gasteiger partial charge in [0.1, 0.15) is 12.4 Å². The predicted octanol–water partition coefficient (Wildman–Crippen LogP) is 2.65. The van der Waals surface area contributed by atoms with Gasteiger partial charge in [-0.1, -0.05) is 24.3 Å². The first-order valence-corrected chi connectivity index (χ1v) is 6.62. The van der Waals surface area contributed by atoms with Gasteiger partial charge in [-0.2, -0.15) is 0 Å². The second-order valence-electron chi connectivity index (χ2n) is 3.83. The van der Waals surface area contributed by atoms with Gasteiger partial charge in [-0.05, 0) is 26.0 Å². The van der Waals surface area contributed by atoms with Crippen molar-refractivity contribution in [2.45, 2.75) is 20.1 Å². The van der Waals surface area contributed by atoms with Crippen LogP contribution in [0.1, 0.15) is 25.7 Å². The van der Waals surface area contributed by atoms with Gasteiger partial charge in [-0.3, -0.25) is 0 Å². The maximum atomic E-state index is 5.60. The van der Waals surface area contributed by atoms with E-state index in [0.717, 1.165) is 11.3 Å². The predicted molar refractivity (Wildman–Crippen MR) is 76.1 cm³/mol. The third-order valence-corrected chi connectivity index (χ3v) is 2.42. The van der Waals surface area contributed by atoms with Gasteiger partial charge in [-0.15, -0.1) is 0 Å². The maximum absolute atomic E-state index is 5.60. The van der Waals surface area contributed by atoms with Crippen LogP contribution in [0.3, 0.4) is 0 Å². The zero-order valence-corrected chi connectivity index (χ0v) is 11.7. The molecule has 0 saturated heterocycles. The summed E-state index contributed by atoms with van der Waals surface area (Å²) in [5, 5.41) is 0. The summed E-state index contributed by atoms with van der Waals surface area (Å²) in [5.74, 6) is 0.795. The zero-order chi connectivity index (χ0) is 13.9. The minimum absolute atomic E-state index is 0.335. The highest BCUT2D eigenvalue weighted by Crippen LogP contribution is 2.23. The molecule has 0 bridgehead atoms. The van der Waals surface area contributed by atoms with Gasteiger partial charge in [0.15, 0.2) is 6.29 Å². The highest BCUT2D eigenvalue weighted by molar-refractivity contribution is 5.29. The van der Waals surface area contributed by atoms with E-state index in [-0.39, 0.29) is 6.29 Å². The Bertz CT molecular complexity index is 373. The van der Waals surface area contributed by atoms with Gasteiger partial charge in [0, 0.05) is 25.3 Å². The molecule has 0 aliphatic heterocycles. The minimum atomic E-state index is -0.335. The normalized spacial score (nSPS) is 11.4. The van der Waals surface area contributed by atoms with Crippen LogP contribution in [0.5, 0.6) is 5.75 Å². The molecule has 1 aromatic rings. The molecule has 4 nitrogen and oxygen atoms in total. The molecule has 0 unspecified atom stereocenters. The third-order valence-electron chi connectivity index (χ3n) is 2.42. The van der Waals surface area contributed by atoms with Gasteiger partial charge < -0.3 is 19.9 Å². The van der Waals surface area contributed by atoms with Crippen molar-refractivity contribution in [1.29, 1.82) is 0 Å². The van der Waals surface area contributed by atoms with Crippen molar-refractivity contribution in [3.8, 4) is 5.75 Å². The fourth-order valence-corrected chi connectivity index (χ4v) is 1.60. The van der Waals surface area contributed by atoms with Crippen molar-refractivity contribution in [1.82, 2.24) is 0 Å². The van der Waals surface area contributed by atoms with Crippen LogP contribution in [0.4, 0.5) is 0 Å². The maximum Gasteiger partial charge on any atom is 0.183 e. The molecule has 4 heteroatoms. The first kappa shape index (κ1) is 15.7. The van der Waals surface area contributed by atoms with Crippen molar-refractivity contribution in [3.05, 3.63) is 42.0 Å². The average molecular weight is 265 g/mol. The largest absolute Gasteiger partial charge is 0.490 e. The van der Waals surface area contributed by atoms with Crippen molar-refractivity contribution < 1.29 is 14.2 Å². The summed E-state index contributed by atoms with van der Waals surface area (Å²) < 4.78 is 16.7. The number of rotatable bonds is 9. The zero-order valence-electron chi connectivity index (χ0n) is 11.7. The molecule has 0 aliphatic rings. The highest BCUT2D eigenvalue weighted by Gasteiger charge is 2.11. The number of nitrogens with two attached hydrogens (primary N) is 1. The quantitative estimate of drug-likeness (QED) is 0.551. The smallest absolute Gasteiger partial charge is 0.183 e. The van der Waals surface area contributed by atoms with E-state index in [9.17, 15) is 0 Å². The van der Waals surface area contributed by atoms with Crippen LogP contribution in [0, 0.1) is 0 Å². The monoisotopic (exact) mass is 265 g/mol. The van der Waals surface area contributed by atoms with Crippen molar-refractivity contribution in [2.75, 3.05) is 26.4 Å². The van der Waals surface area contributed by atoms with Gasteiger partial charge in [0.25, 0.3) is 0 Å². The molecule has 19 heavy (non-hydrogen) atoms. The second-order valence-corrected chi connectivity index (χ2v) is 3.83. The van der Waals surface area contributed by atoms with Crippen molar-refractivity contribution in [3.63, 3.8) is 0 Å². The lowest BCUT2D eigenvalue weighted by Gasteiger charge is -2.17. The lowest BCUT2D eigenvalue weighted by atomic mass is 10.2. The summed E-state index contributed by atoms with van der Waals surface area (Å²) in [4.78, 5) is 0. The molecule has 0 saturated carbocycles. The summed E-state index contributed by atoms with van der Waals surface area (Å²) in [6, 6.07) is 7.75. The van der Waals surface area contributed by atoms with Gasteiger partial charge in [0.2, 0.25) is 0 Å². The first-order chi connectivity index (χ1) is 9.31. The molecule has 0 atom stereocenters.